The van der Waals surface area contributed by atoms with Gasteiger partial charge in [0.1, 0.15) is 41.2 Å². The van der Waals surface area contributed by atoms with E-state index in [0.717, 1.165) is 54.3 Å². The third kappa shape index (κ3) is 3.63. The Morgan fingerprint density at radius 3 is 2.66 bits per heavy atom. The van der Waals surface area contributed by atoms with E-state index in [0.29, 0.717) is 23.4 Å². The Hall–Kier alpha value is -3.96. The van der Waals surface area contributed by atoms with Gasteiger partial charge in [-0.25, -0.2) is 14.4 Å². The van der Waals surface area contributed by atoms with Crippen molar-refractivity contribution in [2.45, 2.75) is 18.9 Å². The van der Waals surface area contributed by atoms with Crippen LogP contribution >= 0.6 is 0 Å². The first-order valence-electron chi connectivity index (χ1n) is 10.3. The van der Waals surface area contributed by atoms with Crippen molar-refractivity contribution in [1.29, 1.82) is 5.26 Å². The number of ether oxygens (including phenoxy) is 2. The molecule has 2 aromatic heterocycles. The molecule has 0 aliphatic carbocycles. The molecular weight excluding hydrogens is 409 g/mol. The van der Waals surface area contributed by atoms with Crippen molar-refractivity contribution < 1.29 is 13.9 Å². The molecule has 4 aromatic rings. The van der Waals surface area contributed by atoms with E-state index in [1.807, 2.05) is 18.2 Å². The maximum absolute atomic E-state index is 13.4. The molecule has 1 aliphatic heterocycles. The van der Waals surface area contributed by atoms with Crippen LogP contribution in [0.3, 0.4) is 0 Å². The molecule has 0 atom stereocenters. The SMILES string of the molecule is N#Cc1cc(F)ccc1Oc1ccc(-c2cn(C3CCOCC3)c3ncnc(N)c23)cc1. The number of fused-ring (bicyclic) bond motifs is 1. The van der Waals surface area contributed by atoms with Gasteiger partial charge in [-0.15, -0.1) is 0 Å². The maximum atomic E-state index is 13.4. The number of nitrogens with two attached hydrogens (primary N) is 1. The number of nitriles is 1. The summed E-state index contributed by atoms with van der Waals surface area (Å²) in [4.78, 5) is 8.70. The second-order valence-electron chi connectivity index (χ2n) is 7.63. The van der Waals surface area contributed by atoms with Crippen LogP contribution in [0.2, 0.25) is 0 Å². The summed E-state index contributed by atoms with van der Waals surface area (Å²) in [5.41, 5.74) is 9.07. The van der Waals surface area contributed by atoms with Gasteiger partial charge in [0.2, 0.25) is 0 Å². The highest BCUT2D eigenvalue weighted by molar-refractivity contribution is 6.00. The molecule has 2 N–H and O–H groups in total. The van der Waals surface area contributed by atoms with Crippen LogP contribution in [0.1, 0.15) is 24.4 Å². The second-order valence-corrected chi connectivity index (χ2v) is 7.63. The smallest absolute Gasteiger partial charge is 0.146 e. The lowest BCUT2D eigenvalue weighted by Crippen LogP contribution is -2.19. The molecule has 0 saturated carbocycles. The number of benzene rings is 2. The number of hydrogen-bond donors (Lipinski definition) is 1. The van der Waals surface area contributed by atoms with Crippen molar-refractivity contribution in [2.24, 2.45) is 0 Å². The summed E-state index contributed by atoms with van der Waals surface area (Å²) in [5, 5.41) is 10.0. The minimum Gasteiger partial charge on any atom is -0.456 e. The molecule has 0 amide bonds. The molecule has 0 spiro atoms. The summed E-state index contributed by atoms with van der Waals surface area (Å²) in [6, 6.07) is 13.5. The molecule has 7 nitrogen and oxygen atoms in total. The molecule has 1 fully saturated rings. The number of halogens is 1. The second kappa shape index (κ2) is 8.29. The van der Waals surface area contributed by atoms with Crippen molar-refractivity contribution in [2.75, 3.05) is 18.9 Å². The van der Waals surface area contributed by atoms with Gasteiger partial charge in [0, 0.05) is 31.0 Å². The van der Waals surface area contributed by atoms with Crippen LogP contribution in [0.4, 0.5) is 10.2 Å². The summed E-state index contributed by atoms with van der Waals surface area (Å²) in [6.45, 7) is 1.45. The number of rotatable bonds is 4. The van der Waals surface area contributed by atoms with E-state index >= 15 is 0 Å². The average molecular weight is 429 g/mol. The highest BCUT2D eigenvalue weighted by Gasteiger charge is 2.22. The normalized spacial score (nSPS) is 14.4. The van der Waals surface area contributed by atoms with Crippen molar-refractivity contribution in [3.63, 3.8) is 0 Å². The van der Waals surface area contributed by atoms with Gasteiger partial charge >= 0.3 is 0 Å². The fourth-order valence-corrected chi connectivity index (χ4v) is 4.08. The third-order valence-corrected chi connectivity index (χ3v) is 5.68. The van der Waals surface area contributed by atoms with Gasteiger partial charge in [0.05, 0.1) is 10.9 Å². The van der Waals surface area contributed by atoms with E-state index < -0.39 is 5.82 Å². The molecule has 160 valence electrons. The quantitative estimate of drug-likeness (QED) is 0.499. The van der Waals surface area contributed by atoms with Gasteiger partial charge in [-0.05, 0) is 48.7 Å². The molecule has 5 rings (SSSR count). The third-order valence-electron chi connectivity index (χ3n) is 5.68. The van der Waals surface area contributed by atoms with Crippen LogP contribution in [0, 0.1) is 17.1 Å². The van der Waals surface area contributed by atoms with Gasteiger partial charge in [-0.1, -0.05) is 12.1 Å². The first-order chi connectivity index (χ1) is 15.6. The molecule has 1 saturated heterocycles. The van der Waals surface area contributed by atoms with Crippen molar-refractivity contribution in [3.05, 3.63) is 66.4 Å². The van der Waals surface area contributed by atoms with E-state index in [-0.39, 0.29) is 5.56 Å². The van der Waals surface area contributed by atoms with Crippen molar-refractivity contribution in [3.8, 4) is 28.7 Å². The van der Waals surface area contributed by atoms with Crippen LogP contribution in [-0.4, -0.2) is 27.7 Å². The minimum absolute atomic E-state index is 0.138. The Morgan fingerprint density at radius 1 is 1.12 bits per heavy atom. The first-order valence-corrected chi connectivity index (χ1v) is 10.3. The van der Waals surface area contributed by atoms with E-state index in [1.54, 1.807) is 12.1 Å². The van der Waals surface area contributed by atoms with Crippen LogP contribution in [-0.2, 0) is 4.74 Å². The Morgan fingerprint density at radius 2 is 1.91 bits per heavy atom. The number of aromatic nitrogens is 3. The number of anilines is 1. The Balaban J connectivity index is 1.50. The first kappa shape index (κ1) is 20.0. The summed E-state index contributed by atoms with van der Waals surface area (Å²) in [7, 11) is 0. The standard InChI is InChI=1S/C24H20FN5O2/c25-17-3-6-21(16(11-17)12-26)32-19-4-1-15(2-5-19)20-13-30(18-7-9-31-10-8-18)24-22(20)23(27)28-14-29-24/h1-6,11,13-14,18H,7-10H2,(H2,27,28,29). The van der Waals surface area contributed by atoms with Crippen LogP contribution in [0.25, 0.3) is 22.2 Å². The zero-order valence-corrected chi connectivity index (χ0v) is 17.2. The lowest BCUT2D eigenvalue weighted by atomic mass is 10.1. The molecule has 0 bridgehead atoms. The lowest BCUT2D eigenvalue weighted by molar-refractivity contribution is 0.0706. The van der Waals surface area contributed by atoms with Gasteiger partial charge < -0.3 is 19.8 Å². The molecule has 0 radical (unpaired) electrons. The molecule has 0 unspecified atom stereocenters. The molecular formula is C24H20FN5O2. The highest BCUT2D eigenvalue weighted by atomic mass is 19.1. The number of nitrogens with zero attached hydrogens (tertiary/aromatic N) is 4. The fraction of sp³-hybridized carbons (Fsp3) is 0.208. The summed E-state index contributed by atoms with van der Waals surface area (Å²) in [6.07, 6.45) is 5.40. The molecule has 32 heavy (non-hydrogen) atoms. The zero-order valence-electron chi connectivity index (χ0n) is 17.2. The van der Waals surface area contributed by atoms with E-state index in [1.165, 1.54) is 18.5 Å². The number of hydrogen-bond acceptors (Lipinski definition) is 6. The molecule has 8 heteroatoms. The average Bonchev–Trinajstić information content (AvgIpc) is 3.22. The largest absolute Gasteiger partial charge is 0.456 e. The summed E-state index contributed by atoms with van der Waals surface area (Å²) < 4.78 is 26.9. The van der Waals surface area contributed by atoms with Gasteiger partial charge in [-0.2, -0.15) is 5.26 Å². The van der Waals surface area contributed by atoms with E-state index in [4.69, 9.17) is 15.2 Å². The van der Waals surface area contributed by atoms with E-state index in [2.05, 4.69) is 20.7 Å². The Bertz CT molecular complexity index is 1320. The molecule has 1 aliphatic rings. The van der Waals surface area contributed by atoms with Crippen LogP contribution in [0.5, 0.6) is 11.5 Å². The van der Waals surface area contributed by atoms with Crippen LogP contribution < -0.4 is 10.5 Å². The lowest BCUT2D eigenvalue weighted by Gasteiger charge is -2.24. The van der Waals surface area contributed by atoms with Crippen molar-refractivity contribution in [1.82, 2.24) is 14.5 Å². The fourth-order valence-electron chi connectivity index (χ4n) is 4.08. The topological polar surface area (TPSA) is 99.0 Å². The number of nitrogen functional groups attached to an aromatic ring is 1. The van der Waals surface area contributed by atoms with Gasteiger partial charge in [-0.3, -0.25) is 0 Å². The zero-order chi connectivity index (χ0) is 22.1. The van der Waals surface area contributed by atoms with Gasteiger partial charge in [0.15, 0.2) is 0 Å². The predicted molar refractivity (Wildman–Crippen MR) is 118 cm³/mol. The monoisotopic (exact) mass is 429 g/mol. The predicted octanol–water partition coefficient (Wildman–Crippen LogP) is 4.84. The molecule has 2 aromatic carbocycles. The minimum atomic E-state index is -0.482. The van der Waals surface area contributed by atoms with Crippen molar-refractivity contribution >= 4 is 16.9 Å². The summed E-state index contributed by atoms with van der Waals surface area (Å²) in [5.74, 6) is 0.788. The Kier molecular flexibility index (Phi) is 5.17. The van der Waals surface area contributed by atoms with E-state index in [9.17, 15) is 9.65 Å². The molecule has 3 heterocycles. The Labute approximate surface area is 183 Å². The van der Waals surface area contributed by atoms with Gasteiger partial charge in [0.25, 0.3) is 0 Å². The van der Waals surface area contributed by atoms with Crippen LogP contribution in [0.15, 0.2) is 55.0 Å². The highest BCUT2D eigenvalue weighted by Crippen LogP contribution is 2.37. The summed E-state index contributed by atoms with van der Waals surface area (Å²) >= 11 is 0. The maximum Gasteiger partial charge on any atom is 0.146 e.